The second-order valence-corrected chi connectivity index (χ2v) is 1.81. The van der Waals surface area contributed by atoms with Crippen LogP contribution >= 0.6 is 0 Å². The molecule has 1 aromatic carbocycles. The summed E-state index contributed by atoms with van der Waals surface area (Å²) in [5, 5.41) is 0. The third-order valence-electron chi connectivity index (χ3n) is 1.12. The smallest absolute Gasteiger partial charge is 0 e. The van der Waals surface area contributed by atoms with Gasteiger partial charge in [-0.05, 0) is 0 Å². The molecule has 0 N–H and O–H groups in total. The maximum atomic E-state index is 9.85. The van der Waals surface area contributed by atoms with Gasteiger partial charge in [0.1, 0.15) is 0 Å². The van der Waals surface area contributed by atoms with Gasteiger partial charge >= 0.3 is 0 Å². The molecule has 0 radical (unpaired) electrons. The Morgan fingerprint density at radius 3 is 2.30 bits per heavy atom. The standard InChI is InChI=1S/C8H7O.Ti/c9-7-6-8-4-2-1-3-5-8;/h1-5H,6H2;/q-1;. The van der Waals surface area contributed by atoms with Crippen molar-refractivity contribution < 1.29 is 26.5 Å². The molecule has 0 saturated carbocycles. The van der Waals surface area contributed by atoms with E-state index in [9.17, 15) is 4.79 Å². The number of hydrogen-bond acceptors (Lipinski definition) is 1. The van der Waals surface area contributed by atoms with Crippen LogP contribution in [0.1, 0.15) is 5.56 Å². The first-order valence-corrected chi connectivity index (χ1v) is 2.82. The molecular weight excluding hydrogens is 160 g/mol. The second-order valence-electron chi connectivity index (χ2n) is 1.81. The molecule has 0 fully saturated rings. The summed E-state index contributed by atoms with van der Waals surface area (Å²) >= 11 is 0. The van der Waals surface area contributed by atoms with Crippen molar-refractivity contribution in [2.75, 3.05) is 0 Å². The van der Waals surface area contributed by atoms with Gasteiger partial charge in [-0.3, -0.25) is 6.29 Å². The molecule has 1 rings (SSSR count). The van der Waals surface area contributed by atoms with Gasteiger partial charge in [-0.1, -0.05) is 35.9 Å². The van der Waals surface area contributed by atoms with Crippen LogP contribution in [0, 0.1) is 0 Å². The summed E-state index contributed by atoms with van der Waals surface area (Å²) in [5.74, 6) is 0. The third-order valence-corrected chi connectivity index (χ3v) is 1.12. The first kappa shape index (κ1) is 9.60. The molecule has 0 saturated heterocycles. The van der Waals surface area contributed by atoms with Crippen molar-refractivity contribution in [3.63, 3.8) is 0 Å². The van der Waals surface area contributed by atoms with E-state index in [4.69, 9.17) is 0 Å². The summed E-state index contributed by atoms with van der Waals surface area (Å²) in [4.78, 5) is 9.85. The van der Waals surface area contributed by atoms with E-state index < -0.39 is 0 Å². The minimum absolute atomic E-state index is 0. The Hall–Kier alpha value is -0.396. The van der Waals surface area contributed by atoms with Crippen LogP contribution in [0.15, 0.2) is 30.3 Å². The molecule has 0 amide bonds. The molecule has 0 unspecified atom stereocenters. The Morgan fingerprint density at radius 1 is 1.20 bits per heavy atom. The molecule has 0 aliphatic heterocycles. The molecular formula is C8H7OTi-. The molecule has 0 bridgehead atoms. The molecule has 0 heterocycles. The Kier molecular flexibility index (Phi) is 5.18. The molecule has 1 nitrogen and oxygen atoms in total. The van der Waals surface area contributed by atoms with Gasteiger partial charge in [0.2, 0.25) is 0 Å². The molecule has 10 heavy (non-hydrogen) atoms. The van der Waals surface area contributed by atoms with Crippen LogP contribution in [0.25, 0.3) is 0 Å². The van der Waals surface area contributed by atoms with E-state index in [1.54, 1.807) is 0 Å². The van der Waals surface area contributed by atoms with Gasteiger partial charge in [-0.2, -0.15) is 0 Å². The number of hydrogen-bond donors (Lipinski definition) is 0. The van der Waals surface area contributed by atoms with E-state index in [1.807, 2.05) is 36.6 Å². The van der Waals surface area contributed by atoms with Gasteiger partial charge in [0, 0.05) is 21.7 Å². The topological polar surface area (TPSA) is 17.1 Å². The SMILES string of the molecule is O=[C-]Cc1ccccc1.[Ti]. The minimum Gasteiger partial charge on any atom is -0.541 e. The quantitative estimate of drug-likeness (QED) is 0.479. The predicted molar refractivity (Wildman–Crippen MR) is 35.8 cm³/mol. The van der Waals surface area contributed by atoms with Crippen LogP contribution in [0.4, 0.5) is 0 Å². The zero-order valence-corrected chi connectivity index (χ0v) is 7.06. The van der Waals surface area contributed by atoms with E-state index >= 15 is 0 Å². The fourth-order valence-corrected chi connectivity index (χ4v) is 0.679. The van der Waals surface area contributed by atoms with E-state index in [0.29, 0.717) is 6.42 Å². The maximum absolute atomic E-state index is 9.85. The van der Waals surface area contributed by atoms with Crippen LogP contribution < -0.4 is 0 Å². The zero-order valence-electron chi connectivity index (χ0n) is 5.50. The monoisotopic (exact) mass is 167 g/mol. The molecule has 50 valence electrons. The average molecular weight is 167 g/mol. The molecule has 0 atom stereocenters. The predicted octanol–water partition coefficient (Wildman–Crippen LogP) is 1.34. The Morgan fingerprint density at radius 2 is 1.80 bits per heavy atom. The van der Waals surface area contributed by atoms with E-state index in [-0.39, 0.29) is 21.7 Å². The molecule has 0 aliphatic carbocycles. The Balaban J connectivity index is 0.000000810. The normalized spacial score (nSPS) is 8.00. The summed E-state index contributed by atoms with van der Waals surface area (Å²) in [6.45, 7) is 0. The van der Waals surface area contributed by atoms with E-state index in [1.165, 1.54) is 0 Å². The van der Waals surface area contributed by atoms with Gasteiger partial charge in [0.25, 0.3) is 0 Å². The summed E-state index contributed by atoms with van der Waals surface area (Å²) in [7, 11) is 0. The fourth-order valence-electron chi connectivity index (χ4n) is 0.679. The largest absolute Gasteiger partial charge is 0.541 e. The number of carbonyl (C=O) groups excluding carboxylic acids is 1. The Bertz CT molecular complexity index is 184. The summed E-state index contributed by atoms with van der Waals surface area (Å²) in [5.41, 5.74) is 1.02. The van der Waals surface area contributed by atoms with Crippen molar-refractivity contribution in [1.29, 1.82) is 0 Å². The maximum Gasteiger partial charge on any atom is 0 e. The van der Waals surface area contributed by atoms with Gasteiger partial charge in [-0.15, -0.1) is 6.42 Å². The first-order chi connectivity index (χ1) is 4.43. The number of benzene rings is 1. The van der Waals surface area contributed by atoms with Gasteiger partial charge in [0.05, 0.1) is 0 Å². The first-order valence-electron chi connectivity index (χ1n) is 2.82. The van der Waals surface area contributed by atoms with Crippen molar-refractivity contribution in [2.45, 2.75) is 6.42 Å². The summed E-state index contributed by atoms with van der Waals surface area (Å²) in [6, 6.07) is 9.56. The van der Waals surface area contributed by atoms with Crippen molar-refractivity contribution >= 4 is 6.29 Å². The molecule has 2 heteroatoms. The van der Waals surface area contributed by atoms with Gasteiger partial charge in [0.15, 0.2) is 0 Å². The summed E-state index contributed by atoms with van der Waals surface area (Å²) < 4.78 is 0. The Labute approximate surface area is 75.3 Å². The van der Waals surface area contributed by atoms with Crippen LogP contribution in [0.5, 0.6) is 0 Å². The second kappa shape index (κ2) is 5.39. The fraction of sp³-hybridized carbons (Fsp3) is 0.125. The van der Waals surface area contributed by atoms with Crippen LogP contribution in [0.2, 0.25) is 0 Å². The van der Waals surface area contributed by atoms with Crippen LogP contribution in [0.3, 0.4) is 0 Å². The van der Waals surface area contributed by atoms with Gasteiger partial charge < -0.3 is 4.79 Å². The number of rotatable bonds is 2. The third kappa shape index (κ3) is 2.95. The summed E-state index contributed by atoms with van der Waals surface area (Å²) in [6.07, 6.45) is 2.24. The van der Waals surface area contributed by atoms with Crippen molar-refractivity contribution in [3.8, 4) is 0 Å². The van der Waals surface area contributed by atoms with E-state index in [2.05, 4.69) is 0 Å². The van der Waals surface area contributed by atoms with Crippen molar-refractivity contribution in [3.05, 3.63) is 35.9 Å². The molecule has 0 aromatic heterocycles. The average Bonchev–Trinajstić information content (AvgIpc) is 1.91. The van der Waals surface area contributed by atoms with Crippen LogP contribution in [-0.2, 0) is 32.9 Å². The molecule has 1 aromatic rings. The minimum atomic E-state index is 0. The van der Waals surface area contributed by atoms with Crippen LogP contribution in [-0.4, -0.2) is 6.29 Å². The zero-order chi connectivity index (χ0) is 6.53. The van der Waals surface area contributed by atoms with Crippen molar-refractivity contribution in [2.24, 2.45) is 0 Å². The molecule has 0 spiro atoms. The molecule has 0 aliphatic rings. The van der Waals surface area contributed by atoms with E-state index in [0.717, 1.165) is 5.56 Å². The van der Waals surface area contributed by atoms with Crippen molar-refractivity contribution in [1.82, 2.24) is 0 Å². The van der Waals surface area contributed by atoms with Gasteiger partial charge in [-0.25, -0.2) is 0 Å².